The number of carbonyl (C=O) groups is 1. The lowest BCUT2D eigenvalue weighted by molar-refractivity contribution is 0.00886. The monoisotopic (exact) mass is 349 g/mol. The third-order valence-corrected chi connectivity index (χ3v) is 3.94. The van der Waals surface area contributed by atoms with Gasteiger partial charge in [0.15, 0.2) is 0 Å². The molecule has 0 aliphatic carbocycles. The number of hydrogen-bond acceptors (Lipinski definition) is 4. The fraction of sp³-hybridized carbons (Fsp3) is 0.316. The van der Waals surface area contributed by atoms with Crippen LogP contribution in [-0.2, 0) is 4.74 Å². The molecule has 0 aromatic heterocycles. The molecule has 5 heteroatoms. The van der Waals surface area contributed by atoms with Crippen LogP contribution in [0.1, 0.15) is 28.9 Å². The van der Waals surface area contributed by atoms with Gasteiger partial charge in [-0.15, -0.1) is 12.4 Å². The molecule has 2 rings (SSSR count). The van der Waals surface area contributed by atoms with E-state index in [-0.39, 0.29) is 30.5 Å². The molecule has 2 aromatic carbocycles. The highest BCUT2D eigenvalue weighted by Gasteiger charge is 2.25. The normalized spacial score (nSPS) is 12.9. The van der Waals surface area contributed by atoms with Crippen molar-refractivity contribution in [1.29, 1.82) is 0 Å². The molecule has 24 heavy (non-hydrogen) atoms. The first-order valence-electron chi connectivity index (χ1n) is 7.59. The smallest absolute Gasteiger partial charge is 0.338 e. The lowest BCUT2D eigenvalue weighted by Gasteiger charge is -2.29. The quantitative estimate of drug-likeness (QED) is 0.740. The molecule has 2 unspecified atom stereocenters. The molecule has 4 nitrogen and oxygen atoms in total. The predicted octanol–water partition coefficient (Wildman–Crippen LogP) is 3.97. The van der Waals surface area contributed by atoms with Crippen LogP contribution >= 0.6 is 12.4 Å². The topological polar surface area (TPSA) is 38.8 Å². The van der Waals surface area contributed by atoms with Crippen LogP contribution in [0.2, 0.25) is 0 Å². The van der Waals surface area contributed by atoms with Gasteiger partial charge in [-0.25, -0.2) is 4.79 Å². The zero-order valence-corrected chi connectivity index (χ0v) is 15.2. The number of esters is 1. The molecule has 0 aliphatic heterocycles. The number of halogens is 1. The van der Waals surface area contributed by atoms with Crippen molar-refractivity contribution in [1.82, 2.24) is 4.90 Å². The maximum Gasteiger partial charge on any atom is 0.338 e. The zero-order chi connectivity index (χ0) is 16.8. The second-order valence-corrected chi connectivity index (χ2v) is 5.67. The van der Waals surface area contributed by atoms with Gasteiger partial charge in [-0.3, -0.25) is 0 Å². The van der Waals surface area contributed by atoms with E-state index in [9.17, 15) is 4.79 Å². The Bertz CT molecular complexity index is 629. The lowest BCUT2D eigenvalue weighted by Crippen LogP contribution is -2.33. The van der Waals surface area contributed by atoms with Gasteiger partial charge in [0.2, 0.25) is 0 Å². The van der Waals surface area contributed by atoms with Gasteiger partial charge in [-0.05, 0) is 50.8 Å². The van der Waals surface area contributed by atoms with Crippen LogP contribution in [0.4, 0.5) is 0 Å². The van der Waals surface area contributed by atoms with Gasteiger partial charge in [0.1, 0.15) is 11.9 Å². The lowest BCUT2D eigenvalue weighted by atomic mass is 10.0. The average molecular weight is 350 g/mol. The van der Waals surface area contributed by atoms with Crippen LogP contribution in [0.3, 0.4) is 0 Å². The van der Waals surface area contributed by atoms with Gasteiger partial charge < -0.3 is 14.4 Å². The maximum atomic E-state index is 12.5. The summed E-state index contributed by atoms with van der Waals surface area (Å²) in [6.45, 7) is 2.04. The van der Waals surface area contributed by atoms with E-state index in [0.717, 1.165) is 5.56 Å². The van der Waals surface area contributed by atoms with Crippen LogP contribution in [0.5, 0.6) is 5.75 Å². The minimum absolute atomic E-state index is 0. The minimum atomic E-state index is -0.338. The highest BCUT2D eigenvalue weighted by Crippen LogP contribution is 2.25. The van der Waals surface area contributed by atoms with Crippen molar-refractivity contribution < 1.29 is 14.3 Å². The molecule has 0 saturated carbocycles. The molecule has 2 aromatic rings. The summed E-state index contributed by atoms with van der Waals surface area (Å²) in [6, 6.07) is 16.8. The zero-order valence-electron chi connectivity index (χ0n) is 14.4. The number of carbonyl (C=O) groups excluding carboxylic acids is 1. The number of nitrogens with zero attached hydrogens (tertiary/aromatic N) is 1. The molecule has 2 atom stereocenters. The van der Waals surface area contributed by atoms with Gasteiger partial charge >= 0.3 is 5.97 Å². The molecule has 0 bridgehead atoms. The third kappa shape index (κ3) is 4.98. The summed E-state index contributed by atoms with van der Waals surface area (Å²) < 4.78 is 10.9. The summed E-state index contributed by atoms with van der Waals surface area (Å²) in [5.41, 5.74) is 1.49. The first-order chi connectivity index (χ1) is 11.0. The van der Waals surface area contributed by atoms with Gasteiger partial charge in [0, 0.05) is 6.04 Å². The maximum absolute atomic E-state index is 12.5. The van der Waals surface area contributed by atoms with Crippen LogP contribution in [-0.4, -0.2) is 38.1 Å². The first-order valence-corrected chi connectivity index (χ1v) is 7.59. The summed E-state index contributed by atoms with van der Waals surface area (Å²) in [5.74, 6) is 0.373. The molecule has 0 N–H and O–H groups in total. The largest absolute Gasteiger partial charge is 0.497 e. The van der Waals surface area contributed by atoms with E-state index >= 15 is 0 Å². The molecule has 130 valence electrons. The average Bonchev–Trinajstić information content (AvgIpc) is 2.59. The van der Waals surface area contributed by atoms with Gasteiger partial charge in [0.05, 0.1) is 12.7 Å². The Morgan fingerprint density at radius 3 is 2.08 bits per heavy atom. The highest BCUT2D eigenvalue weighted by atomic mass is 35.5. The van der Waals surface area contributed by atoms with E-state index < -0.39 is 0 Å². The Hall–Kier alpha value is -2.04. The van der Waals surface area contributed by atoms with Crippen LogP contribution in [0.15, 0.2) is 54.6 Å². The summed E-state index contributed by atoms with van der Waals surface area (Å²) >= 11 is 0. The molecule has 0 heterocycles. The van der Waals surface area contributed by atoms with Crippen molar-refractivity contribution in [3.8, 4) is 5.75 Å². The van der Waals surface area contributed by atoms with Crippen LogP contribution in [0, 0.1) is 0 Å². The first kappa shape index (κ1) is 20.0. The molecule has 0 spiro atoms. The fourth-order valence-corrected chi connectivity index (χ4v) is 2.27. The number of likely N-dealkylation sites (N-methyl/N-ethyl adjacent to an activating group) is 1. The van der Waals surface area contributed by atoms with E-state index in [4.69, 9.17) is 9.47 Å². The number of benzene rings is 2. The number of hydrogen-bond donors (Lipinski definition) is 0. The SMILES string of the molecule is COc1ccc(C(=O)OC(c2ccccc2)C(C)N(C)C)cc1.Cl. The Kier molecular flexibility index (Phi) is 7.75. The van der Waals surface area contributed by atoms with Crippen molar-refractivity contribution in [3.05, 3.63) is 65.7 Å². The minimum Gasteiger partial charge on any atom is -0.497 e. The molecule has 0 saturated heterocycles. The summed E-state index contributed by atoms with van der Waals surface area (Å²) in [6.07, 6.45) is -0.333. The summed E-state index contributed by atoms with van der Waals surface area (Å²) in [5, 5.41) is 0. The Morgan fingerprint density at radius 1 is 1.00 bits per heavy atom. The third-order valence-electron chi connectivity index (χ3n) is 3.94. The fourth-order valence-electron chi connectivity index (χ4n) is 2.27. The van der Waals surface area contributed by atoms with Crippen molar-refractivity contribution in [2.24, 2.45) is 0 Å². The molecule has 0 aliphatic rings. The Morgan fingerprint density at radius 2 is 1.58 bits per heavy atom. The van der Waals surface area contributed by atoms with Crippen molar-refractivity contribution >= 4 is 18.4 Å². The Balaban J connectivity index is 0.00000288. The van der Waals surface area contributed by atoms with E-state index in [1.807, 2.05) is 56.3 Å². The van der Waals surface area contributed by atoms with Crippen molar-refractivity contribution in [2.45, 2.75) is 19.1 Å². The standard InChI is InChI=1S/C19H23NO3.ClH/c1-14(20(2)3)18(15-8-6-5-7-9-15)23-19(21)16-10-12-17(22-4)13-11-16;/h5-14,18H,1-4H3;1H. The number of methoxy groups -OCH3 is 1. The highest BCUT2D eigenvalue weighted by molar-refractivity contribution is 5.89. The van der Waals surface area contributed by atoms with Crippen molar-refractivity contribution in [3.63, 3.8) is 0 Å². The van der Waals surface area contributed by atoms with Crippen LogP contribution in [0.25, 0.3) is 0 Å². The number of ether oxygens (including phenoxy) is 2. The molecule has 0 radical (unpaired) electrons. The summed E-state index contributed by atoms with van der Waals surface area (Å²) in [4.78, 5) is 14.5. The van der Waals surface area contributed by atoms with Gasteiger partial charge in [-0.1, -0.05) is 30.3 Å². The molecular weight excluding hydrogens is 326 g/mol. The van der Waals surface area contributed by atoms with Crippen molar-refractivity contribution in [2.75, 3.05) is 21.2 Å². The molecule has 0 amide bonds. The predicted molar refractivity (Wildman–Crippen MR) is 98.0 cm³/mol. The van der Waals surface area contributed by atoms with E-state index in [2.05, 4.69) is 0 Å². The van der Waals surface area contributed by atoms with Crippen LogP contribution < -0.4 is 4.74 Å². The second-order valence-electron chi connectivity index (χ2n) is 5.67. The van der Waals surface area contributed by atoms with E-state index in [1.165, 1.54) is 0 Å². The molecular formula is C19H24ClNO3. The number of rotatable bonds is 6. The second kappa shape index (κ2) is 9.30. The molecule has 0 fully saturated rings. The Labute approximate surface area is 149 Å². The van der Waals surface area contributed by atoms with Gasteiger partial charge in [0.25, 0.3) is 0 Å². The van der Waals surface area contributed by atoms with E-state index in [0.29, 0.717) is 11.3 Å². The van der Waals surface area contributed by atoms with Gasteiger partial charge in [-0.2, -0.15) is 0 Å². The van der Waals surface area contributed by atoms with E-state index in [1.54, 1.807) is 31.4 Å². The summed E-state index contributed by atoms with van der Waals surface area (Å²) in [7, 11) is 5.54.